The number of fused-ring (bicyclic) bond motifs is 1. The molecule has 0 saturated carbocycles. The van der Waals surface area contributed by atoms with Crippen molar-refractivity contribution in [1.82, 2.24) is 4.98 Å². The number of hydrogen-bond acceptors (Lipinski definition) is 4. The zero-order valence-electron chi connectivity index (χ0n) is 15.5. The van der Waals surface area contributed by atoms with Gasteiger partial charge in [0, 0.05) is 49.6 Å². The number of anilines is 2. The fourth-order valence-electron chi connectivity index (χ4n) is 3.68. The summed E-state index contributed by atoms with van der Waals surface area (Å²) in [4.78, 5) is 9.27. The summed E-state index contributed by atoms with van der Waals surface area (Å²) in [5.41, 5.74) is 6.18. The predicted molar refractivity (Wildman–Crippen MR) is 108 cm³/mol. The Balaban J connectivity index is 1.65. The van der Waals surface area contributed by atoms with Crippen LogP contribution < -0.4 is 9.80 Å². The molecule has 1 aliphatic rings. The molecule has 1 fully saturated rings. The molecule has 0 N–H and O–H groups in total. The van der Waals surface area contributed by atoms with Gasteiger partial charge in [-0.1, -0.05) is 29.8 Å². The Labute approximate surface area is 155 Å². The van der Waals surface area contributed by atoms with Gasteiger partial charge in [0.15, 0.2) is 0 Å². The molecule has 1 saturated heterocycles. The lowest BCUT2D eigenvalue weighted by molar-refractivity contribution is 0.122. The van der Waals surface area contributed by atoms with E-state index in [1.807, 2.05) is 6.20 Å². The molecule has 26 heavy (non-hydrogen) atoms. The number of ether oxygens (including phenoxy) is 1. The van der Waals surface area contributed by atoms with E-state index in [2.05, 4.69) is 77.3 Å². The Hall–Kier alpha value is -2.59. The molecule has 2 heterocycles. The van der Waals surface area contributed by atoms with E-state index in [1.165, 1.54) is 27.9 Å². The molecule has 3 aromatic rings. The van der Waals surface area contributed by atoms with Crippen LogP contribution in [0.5, 0.6) is 0 Å². The summed E-state index contributed by atoms with van der Waals surface area (Å²) in [5.74, 6) is 0. The molecule has 2 aromatic carbocycles. The van der Waals surface area contributed by atoms with E-state index < -0.39 is 0 Å². The first kappa shape index (κ1) is 16.9. The molecule has 0 radical (unpaired) electrons. The minimum atomic E-state index is 0.804. The van der Waals surface area contributed by atoms with Crippen molar-refractivity contribution < 1.29 is 4.74 Å². The monoisotopic (exact) mass is 347 g/mol. The third-order valence-electron chi connectivity index (χ3n) is 5.04. The smallest absolute Gasteiger partial charge is 0.0722 e. The van der Waals surface area contributed by atoms with Crippen LogP contribution in [0.4, 0.5) is 11.4 Å². The number of rotatable bonds is 4. The highest BCUT2D eigenvalue weighted by atomic mass is 16.5. The molecule has 0 unspecified atom stereocenters. The largest absolute Gasteiger partial charge is 0.378 e. The van der Waals surface area contributed by atoms with Crippen molar-refractivity contribution >= 4 is 22.3 Å². The van der Waals surface area contributed by atoms with Gasteiger partial charge in [-0.3, -0.25) is 4.98 Å². The van der Waals surface area contributed by atoms with Gasteiger partial charge in [-0.2, -0.15) is 0 Å². The zero-order valence-corrected chi connectivity index (χ0v) is 15.5. The van der Waals surface area contributed by atoms with Crippen LogP contribution in [0.3, 0.4) is 0 Å². The Morgan fingerprint density at radius 1 is 1.08 bits per heavy atom. The van der Waals surface area contributed by atoms with Gasteiger partial charge >= 0.3 is 0 Å². The van der Waals surface area contributed by atoms with Crippen LogP contribution in [0.1, 0.15) is 11.1 Å². The van der Waals surface area contributed by atoms with Crippen molar-refractivity contribution in [3.63, 3.8) is 0 Å². The quantitative estimate of drug-likeness (QED) is 0.713. The summed E-state index contributed by atoms with van der Waals surface area (Å²) in [6.07, 6.45) is 1.90. The Morgan fingerprint density at radius 3 is 2.73 bits per heavy atom. The van der Waals surface area contributed by atoms with E-state index in [0.29, 0.717) is 0 Å². The summed E-state index contributed by atoms with van der Waals surface area (Å²) >= 11 is 0. The van der Waals surface area contributed by atoms with Gasteiger partial charge in [-0.15, -0.1) is 0 Å². The molecule has 4 rings (SSSR count). The first-order valence-electron chi connectivity index (χ1n) is 9.19. The lowest BCUT2D eigenvalue weighted by Gasteiger charge is -2.32. The van der Waals surface area contributed by atoms with Crippen LogP contribution >= 0.6 is 0 Å². The van der Waals surface area contributed by atoms with Crippen LogP contribution in [0.25, 0.3) is 10.9 Å². The molecule has 0 aliphatic carbocycles. The van der Waals surface area contributed by atoms with Crippen molar-refractivity contribution in [1.29, 1.82) is 0 Å². The average molecular weight is 347 g/mol. The number of aromatic nitrogens is 1. The molecular formula is C22H25N3O. The Morgan fingerprint density at radius 2 is 1.88 bits per heavy atom. The summed E-state index contributed by atoms with van der Waals surface area (Å²) in [6, 6.07) is 17.3. The number of hydrogen-bond donors (Lipinski definition) is 0. The second-order valence-corrected chi connectivity index (χ2v) is 6.93. The van der Waals surface area contributed by atoms with Gasteiger partial charge in [0.25, 0.3) is 0 Å². The van der Waals surface area contributed by atoms with Crippen molar-refractivity contribution in [3.8, 4) is 0 Å². The topological polar surface area (TPSA) is 28.6 Å². The molecule has 4 heteroatoms. The highest BCUT2D eigenvalue weighted by molar-refractivity contribution is 5.92. The lowest BCUT2D eigenvalue weighted by Crippen LogP contribution is -2.37. The van der Waals surface area contributed by atoms with Gasteiger partial charge in [0.1, 0.15) is 0 Å². The van der Waals surface area contributed by atoms with E-state index in [9.17, 15) is 0 Å². The maximum absolute atomic E-state index is 5.51. The maximum Gasteiger partial charge on any atom is 0.0722 e. The molecule has 0 atom stereocenters. The summed E-state index contributed by atoms with van der Waals surface area (Å²) in [7, 11) is 2.16. The maximum atomic E-state index is 5.51. The highest BCUT2D eigenvalue weighted by Crippen LogP contribution is 2.29. The molecule has 1 aliphatic heterocycles. The summed E-state index contributed by atoms with van der Waals surface area (Å²) < 4.78 is 5.51. The molecule has 134 valence electrons. The Kier molecular flexibility index (Phi) is 4.76. The van der Waals surface area contributed by atoms with Gasteiger partial charge in [0.05, 0.1) is 18.7 Å². The third kappa shape index (κ3) is 3.37. The fraction of sp³-hybridized carbons (Fsp3) is 0.318. The fourth-order valence-corrected chi connectivity index (χ4v) is 3.68. The SMILES string of the molecule is Cc1ccc2nccc(N(C)Cc3ccccc3N3CCOCC3)c2c1. The number of benzene rings is 2. The molecule has 0 spiro atoms. The number of morpholine rings is 1. The summed E-state index contributed by atoms with van der Waals surface area (Å²) in [5, 5.41) is 1.21. The standard InChI is InChI=1S/C22H25N3O/c1-17-7-8-20-19(15-17)22(9-10-23-20)24(2)16-18-5-3-4-6-21(18)25-11-13-26-14-12-25/h3-10,15H,11-14,16H2,1-2H3. The van der Waals surface area contributed by atoms with Gasteiger partial charge in [-0.05, 0) is 36.8 Å². The molecule has 0 bridgehead atoms. The number of aryl methyl sites for hydroxylation is 1. The van der Waals surface area contributed by atoms with E-state index in [0.717, 1.165) is 38.4 Å². The first-order valence-corrected chi connectivity index (χ1v) is 9.19. The van der Waals surface area contributed by atoms with E-state index in [-0.39, 0.29) is 0 Å². The number of nitrogens with zero attached hydrogens (tertiary/aromatic N) is 3. The van der Waals surface area contributed by atoms with Crippen molar-refractivity contribution in [2.75, 3.05) is 43.2 Å². The lowest BCUT2D eigenvalue weighted by atomic mass is 10.1. The van der Waals surface area contributed by atoms with Crippen molar-refractivity contribution in [2.24, 2.45) is 0 Å². The molecular weight excluding hydrogens is 322 g/mol. The first-order chi connectivity index (χ1) is 12.7. The van der Waals surface area contributed by atoms with Crippen LogP contribution in [0.15, 0.2) is 54.7 Å². The van der Waals surface area contributed by atoms with Crippen molar-refractivity contribution in [3.05, 3.63) is 65.9 Å². The molecule has 0 amide bonds. The average Bonchev–Trinajstić information content (AvgIpc) is 2.68. The van der Waals surface area contributed by atoms with Crippen LogP contribution in [-0.2, 0) is 11.3 Å². The van der Waals surface area contributed by atoms with Crippen LogP contribution in [0, 0.1) is 6.92 Å². The summed E-state index contributed by atoms with van der Waals surface area (Å²) in [6.45, 7) is 6.51. The minimum absolute atomic E-state index is 0.804. The normalized spacial score (nSPS) is 14.6. The number of para-hydroxylation sites is 1. The van der Waals surface area contributed by atoms with Gasteiger partial charge in [-0.25, -0.2) is 0 Å². The second-order valence-electron chi connectivity index (χ2n) is 6.93. The van der Waals surface area contributed by atoms with Gasteiger partial charge in [0.2, 0.25) is 0 Å². The van der Waals surface area contributed by atoms with Crippen LogP contribution in [0.2, 0.25) is 0 Å². The molecule has 4 nitrogen and oxygen atoms in total. The van der Waals surface area contributed by atoms with Crippen LogP contribution in [-0.4, -0.2) is 38.3 Å². The number of pyridine rings is 1. The second kappa shape index (κ2) is 7.34. The minimum Gasteiger partial charge on any atom is -0.378 e. The van der Waals surface area contributed by atoms with E-state index >= 15 is 0 Å². The Bertz CT molecular complexity index is 903. The predicted octanol–water partition coefficient (Wildman–Crippen LogP) is 4.02. The van der Waals surface area contributed by atoms with E-state index in [4.69, 9.17) is 4.74 Å². The highest BCUT2D eigenvalue weighted by Gasteiger charge is 2.16. The zero-order chi connectivity index (χ0) is 17.9. The van der Waals surface area contributed by atoms with E-state index in [1.54, 1.807) is 0 Å². The van der Waals surface area contributed by atoms with Gasteiger partial charge < -0.3 is 14.5 Å². The molecule has 1 aromatic heterocycles. The van der Waals surface area contributed by atoms with Crippen molar-refractivity contribution in [2.45, 2.75) is 13.5 Å². The third-order valence-corrected chi connectivity index (χ3v) is 5.04.